The average Bonchev–Trinajstić information content (AvgIpc) is 3.02. The Bertz CT molecular complexity index is 710. The van der Waals surface area contributed by atoms with E-state index in [0.29, 0.717) is 17.6 Å². The number of rotatable bonds is 4. The maximum Gasteiger partial charge on any atom is 1.00 e. The maximum atomic E-state index is 10.6. The number of hydrogen-bond acceptors (Lipinski definition) is 9. The predicted octanol–water partition coefficient (Wildman–Crippen LogP) is -7.41. The maximum absolute atomic E-state index is 10.6. The third-order valence-corrected chi connectivity index (χ3v) is 3.57. The fraction of sp³-hybridized carbons (Fsp3) is 0.500. The Morgan fingerprint density at radius 2 is 2.13 bits per heavy atom. The van der Waals surface area contributed by atoms with Crippen LogP contribution >= 0.6 is 7.60 Å². The molecule has 0 amide bonds. The Morgan fingerprint density at radius 1 is 1.39 bits per heavy atom. The zero-order valence-corrected chi connectivity index (χ0v) is 17.7. The summed E-state index contributed by atoms with van der Waals surface area (Å²) in [6.45, 7) is 0.185. The molecule has 13 heteroatoms. The van der Waals surface area contributed by atoms with Gasteiger partial charge in [-0.1, -0.05) is 0 Å². The summed E-state index contributed by atoms with van der Waals surface area (Å²) in [7, 11) is -4.68. The third kappa shape index (κ3) is 5.20. The summed E-state index contributed by atoms with van der Waals surface area (Å²) in [5.74, 6) is 0.267. The molecule has 3 rings (SSSR count). The number of hydrogen-bond donors (Lipinski definition) is 1. The molecule has 0 aliphatic carbocycles. The number of aromatic nitrogens is 4. The molecule has 114 valence electrons. The van der Waals surface area contributed by atoms with Gasteiger partial charge >= 0.3 is 59.1 Å². The van der Waals surface area contributed by atoms with Gasteiger partial charge < -0.3 is 29.6 Å². The number of nitrogens with two attached hydrogens (primary N) is 1. The Morgan fingerprint density at radius 3 is 2.83 bits per heavy atom. The molecule has 0 radical (unpaired) electrons. The smallest absolute Gasteiger partial charge is 0.809 e. The summed E-state index contributed by atoms with van der Waals surface area (Å²) in [5, 5.41) is 0. The number of anilines is 1. The largest absolute Gasteiger partial charge is 1.00 e. The van der Waals surface area contributed by atoms with Crippen molar-refractivity contribution in [2.24, 2.45) is 0 Å². The second-order valence-corrected chi connectivity index (χ2v) is 6.12. The van der Waals surface area contributed by atoms with Gasteiger partial charge in [-0.05, 0) is 7.60 Å². The summed E-state index contributed by atoms with van der Waals surface area (Å²) < 4.78 is 22.8. The first-order valence-electron chi connectivity index (χ1n) is 6.11. The van der Waals surface area contributed by atoms with Gasteiger partial charge in [0.25, 0.3) is 0 Å². The Labute approximate surface area is 175 Å². The van der Waals surface area contributed by atoms with E-state index in [9.17, 15) is 14.4 Å². The van der Waals surface area contributed by atoms with Gasteiger partial charge in [0.15, 0.2) is 11.5 Å². The second-order valence-electron chi connectivity index (χ2n) is 4.64. The Balaban J connectivity index is 0.00000132. The molecule has 23 heavy (non-hydrogen) atoms. The van der Waals surface area contributed by atoms with Gasteiger partial charge in [-0.25, -0.2) is 15.0 Å². The first-order chi connectivity index (χ1) is 9.94. The van der Waals surface area contributed by atoms with Crippen LogP contribution in [0.4, 0.5) is 5.82 Å². The van der Waals surface area contributed by atoms with Crippen molar-refractivity contribution >= 4 is 24.6 Å². The van der Waals surface area contributed by atoms with E-state index in [1.54, 1.807) is 4.57 Å². The van der Waals surface area contributed by atoms with E-state index in [1.807, 2.05) is 0 Å². The van der Waals surface area contributed by atoms with Crippen molar-refractivity contribution in [2.75, 3.05) is 18.7 Å². The molecule has 1 saturated heterocycles. The summed E-state index contributed by atoms with van der Waals surface area (Å²) in [6.07, 6.45) is 1.51. The number of fused-ring (bicyclic) bond motifs is 1. The number of ether oxygens (including phenoxy) is 2. The molecule has 0 aromatic carbocycles. The van der Waals surface area contributed by atoms with Gasteiger partial charge in [0.05, 0.1) is 25.4 Å². The van der Waals surface area contributed by atoms with Crippen molar-refractivity contribution in [1.82, 2.24) is 19.5 Å². The summed E-state index contributed by atoms with van der Waals surface area (Å²) >= 11 is 0. The van der Waals surface area contributed by atoms with Crippen LogP contribution in [-0.4, -0.2) is 38.6 Å². The van der Waals surface area contributed by atoms with E-state index in [4.69, 9.17) is 15.2 Å². The van der Waals surface area contributed by atoms with Crippen LogP contribution in [0.2, 0.25) is 0 Å². The minimum atomic E-state index is -4.68. The van der Waals surface area contributed by atoms with Crippen LogP contribution < -0.4 is 74.6 Å². The Kier molecular flexibility index (Phi) is 8.10. The molecule has 2 N–H and O–H groups in total. The van der Waals surface area contributed by atoms with E-state index in [2.05, 4.69) is 15.0 Å². The van der Waals surface area contributed by atoms with Crippen LogP contribution in [0.25, 0.3) is 11.2 Å². The molecule has 0 unspecified atom stereocenters. The van der Waals surface area contributed by atoms with Gasteiger partial charge in [0.1, 0.15) is 18.1 Å². The molecular formula is C10H12N5Na2O5P. The molecule has 1 aliphatic heterocycles. The van der Waals surface area contributed by atoms with Crippen LogP contribution in [0.5, 0.6) is 0 Å². The van der Waals surface area contributed by atoms with Gasteiger partial charge in [0.2, 0.25) is 0 Å². The van der Waals surface area contributed by atoms with Crippen LogP contribution in [0.15, 0.2) is 12.7 Å². The zero-order chi connectivity index (χ0) is 15.0. The first kappa shape index (κ1) is 21.5. The van der Waals surface area contributed by atoms with Crippen molar-refractivity contribution < 1.29 is 82.9 Å². The Hall–Kier alpha value is 0.420. The van der Waals surface area contributed by atoms with Gasteiger partial charge in [-0.2, -0.15) is 0 Å². The van der Waals surface area contributed by atoms with E-state index in [1.165, 1.54) is 12.7 Å². The molecule has 2 aromatic rings. The number of nitrogen functional groups attached to an aromatic ring is 1. The minimum absolute atomic E-state index is 0. The van der Waals surface area contributed by atoms with Crippen LogP contribution in [0.1, 0.15) is 12.6 Å². The normalized spacial score (nSPS) is 21.0. The van der Waals surface area contributed by atoms with E-state index < -0.39 is 26.3 Å². The first-order valence-corrected chi connectivity index (χ1v) is 7.84. The molecule has 3 heterocycles. The fourth-order valence-corrected chi connectivity index (χ4v) is 2.56. The van der Waals surface area contributed by atoms with Gasteiger partial charge in [0, 0.05) is 6.42 Å². The van der Waals surface area contributed by atoms with Crippen molar-refractivity contribution in [3.8, 4) is 0 Å². The van der Waals surface area contributed by atoms with Gasteiger partial charge in [-0.3, -0.25) is 4.57 Å². The SMILES string of the molecule is Nc1ncnc2c1ncn2[C@@H]1C[C@H](OCP(=O)([O-])[O-])CO1.[Na+].[Na+]. The van der Waals surface area contributed by atoms with E-state index >= 15 is 0 Å². The molecular weight excluding hydrogens is 347 g/mol. The molecule has 10 nitrogen and oxygen atoms in total. The minimum Gasteiger partial charge on any atom is -0.809 e. The molecule has 0 saturated carbocycles. The summed E-state index contributed by atoms with van der Waals surface area (Å²) in [4.78, 5) is 33.2. The molecule has 0 spiro atoms. The van der Waals surface area contributed by atoms with Crippen LogP contribution in [-0.2, 0) is 14.0 Å². The molecule has 1 aliphatic rings. The summed E-state index contributed by atoms with van der Waals surface area (Å²) in [6, 6.07) is 0. The van der Waals surface area contributed by atoms with Crippen LogP contribution in [0.3, 0.4) is 0 Å². The quantitative estimate of drug-likeness (QED) is 0.414. The number of nitrogens with zero attached hydrogens (tertiary/aromatic N) is 4. The van der Waals surface area contributed by atoms with Gasteiger partial charge in [-0.15, -0.1) is 0 Å². The van der Waals surface area contributed by atoms with Crippen molar-refractivity contribution in [3.63, 3.8) is 0 Å². The van der Waals surface area contributed by atoms with Crippen molar-refractivity contribution in [3.05, 3.63) is 12.7 Å². The average molecular weight is 359 g/mol. The van der Waals surface area contributed by atoms with Crippen molar-refractivity contribution in [2.45, 2.75) is 18.8 Å². The topological polar surface area (TPSA) is 151 Å². The van der Waals surface area contributed by atoms with Crippen LogP contribution in [0, 0.1) is 0 Å². The standard InChI is InChI=1S/C10H14N5O5P.2Na/c11-9-8-10(13-3-12-9)15(4-14-8)7-1-6(2-19-7)20-5-21(16,17)18;;/h3-4,6-7H,1-2,5H2,(H2,11,12,13)(H2,16,17,18);;/q;2*+1/p-2/t6-,7-;;/m0../s1. The molecule has 0 bridgehead atoms. The third-order valence-electron chi connectivity index (χ3n) is 3.10. The monoisotopic (exact) mass is 359 g/mol. The fourth-order valence-electron chi connectivity index (χ4n) is 2.17. The zero-order valence-electron chi connectivity index (χ0n) is 12.8. The molecule has 2 atom stereocenters. The number of imidazole rings is 1. The predicted molar refractivity (Wildman–Crippen MR) is 66.7 cm³/mol. The van der Waals surface area contributed by atoms with Crippen molar-refractivity contribution in [1.29, 1.82) is 0 Å². The molecule has 1 fully saturated rings. The molecule has 2 aromatic heterocycles. The summed E-state index contributed by atoms with van der Waals surface area (Å²) in [5.41, 5.74) is 6.68. The van der Waals surface area contributed by atoms with E-state index in [0.717, 1.165) is 0 Å². The second kappa shape index (κ2) is 8.68. The van der Waals surface area contributed by atoms with E-state index in [-0.39, 0.29) is 71.5 Å².